The minimum atomic E-state index is -0.594. The first-order valence-corrected chi connectivity index (χ1v) is 10.1. The minimum absolute atomic E-state index is 0.118. The van der Waals surface area contributed by atoms with Crippen molar-refractivity contribution in [3.05, 3.63) is 101 Å². The molecular formula is C26H18FNO5. The van der Waals surface area contributed by atoms with Gasteiger partial charge in [-0.25, -0.2) is 14.2 Å². The van der Waals surface area contributed by atoms with Gasteiger partial charge in [-0.1, -0.05) is 18.2 Å². The summed E-state index contributed by atoms with van der Waals surface area (Å²) in [6.07, 6.45) is 1.75. The number of fused-ring (bicyclic) bond motifs is 1. The van der Waals surface area contributed by atoms with Crippen LogP contribution in [0.15, 0.2) is 83.5 Å². The van der Waals surface area contributed by atoms with Crippen LogP contribution in [0.1, 0.15) is 16.7 Å². The number of carbonyl (C=O) groups is 1. The van der Waals surface area contributed by atoms with E-state index in [1.54, 1.807) is 32.4 Å². The second-order valence-electron chi connectivity index (χ2n) is 7.25. The molecule has 2 heterocycles. The molecule has 33 heavy (non-hydrogen) atoms. The summed E-state index contributed by atoms with van der Waals surface area (Å²) in [6.45, 7) is 0. The molecule has 0 atom stereocenters. The van der Waals surface area contributed by atoms with Crippen molar-refractivity contribution in [1.82, 2.24) is 0 Å². The molecule has 3 aromatic rings. The Bertz CT molecular complexity index is 1360. The van der Waals surface area contributed by atoms with Crippen molar-refractivity contribution in [2.75, 3.05) is 14.2 Å². The number of benzene rings is 3. The van der Waals surface area contributed by atoms with Crippen molar-refractivity contribution in [3.8, 4) is 17.2 Å². The SMILES string of the molecule is COc1ccc(C2=C/C(=C3/N=C(c4ccc(F)cc4)OC3=O)c3ccccc3O2)cc1OC. The molecule has 0 bridgehead atoms. The molecule has 0 saturated carbocycles. The highest BCUT2D eigenvalue weighted by Crippen LogP contribution is 2.41. The molecule has 0 radical (unpaired) electrons. The molecule has 0 aliphatic carbocycles. The Labute approximate surface area is 189 Å². The molecule has 0 saturated heterocycles. The van der Waals surface area contributed by atoms with Gasteiger partial charge in [-0.2, -0.15) is 0 Å². The fraction of sp³-hybridized carbons (Fsp3) is 0.0769. The fourth-order valence-electron chi connectivity index (χ4n) is 3.65. The number of para-hydroxylation sites is 1. The number of halogens is 1. The minimum Gasteiger partial charge on any atom is -0.493 e. The van der Waals surface area contributed by atoms with Gasteiger partial charge in [0.05, 0.1) is 14.2 Å². The van der Waals surface area contributed by atoms with Crippen molar-refractivity contribution in [3.63, 3.8) is 0 Å². The Morgan fingerprint density at radius 3 is 2.33 bits per heavy atom. The standard InChI is InChI=1S/C26H18FNO5/c1-30-21-12-9-16(13-23(21)31-2)22-14-19(18-5-3-4-6-20(18)32-22)24-26(29)33-25(28-24)15-7-10-17(27)11-8-15/h3-14H,1-2H3/b24-19-. The Hall–Kier alpha value is -4.39. The molecule has 3 aromatic carbocycles. The zero-order valence-corrected chi connectivity index (χ0v) is 17.8. The average Bonchev–Trinajstić information content (AvgIpc) is 3.24. The number of rotatable bonds is 4. The van der Waals surface area contributed by atoms with Crippen LogP contribution in [0.3, 0.4) is 0 Å². The zero-order valence-electron chi connectivity index (χ0n) is 17.8. The van der Waals surface area contributed by atoms with E-state index in [0.29, 0.717) is 39.7 Å². The summed E-state index contributed by atoms with van der Waals surface area (Å²) in [5, 5.41) is 0. The number of carbonyl (C=O) groups excluding carboxylic acids is 1. The van der Waals surface area contributed by atoms with Gasteiger partial charge in [-0.05, 0) is 54.6 Å². The van der Waals surface area contributed by atoms with Crippen LogP contribution in [-0.2, 0) is 9.53 Å². The Morgan fingerprint density at radius 2 is 1.58 bits per heavy atom. The first kappa shape index (κ1) is 20.5. The molecule has 7 heteroatoms. The molecule has 164 valence electrons. The van der Waals surface area contributed by atoms with Crippen LogP contribution in [0.5, 0.6) is 17.2 Å². The Balaban J connectivity index is 1.65. The lowest BCUT2D eigenvalue weighted by Gasteiger charge is -2.21. The second kappa shape index (κ2) is 8.27. The number of ether oxygens (including phenoxy) is 4. The van der Waals surface area contributed by atoms with Crippen molar-refractivity contribution in [2.24, 2.45) is 4.99 Å². The number of hydrogen-bond acceptors (Lipinski definition) is 6. The number of nitrogens with zero attached hydrogens (tertiary/aromatic N) is 1. The Kier molecular flexibility index (Phi) is 5.14. The number of methoxy groups -OCH3 is 2. The van der Waals surface area contributed by atoms with Gasteiger partial charge in [0.2, 0.25) is 5.90 Å². The third kappa shape index (κ3) is 3.74. The molecule has 6 nitrogen and oxygen atoms in total. The molecule has 0 amide bonds. The van der Waals surface area contributed by atoms with Crippen LogP contribution in [-0.4, -0.2) is 26.1 Å². The molecule has 0 N–H and O–H groups in total. The summed E-state index contributed by atoms with van der Waals surface area (Å²) in [7, 11) is 3.12. The number of allylic oxidation sites excluding steroid dienone is 2. The predicted octanol–water partition coefficient (Wildman–Crippen LogP) is 4.99. The van der Waals surface area contributed by atoms with Crippen LogP contribution in [0.25, 0.3) is 11.3 Å². The quantitative estimate of drug-likeness (QED) is 0.420. The van der Waals surface area contributed by atoms with Crippen LogP contribution in [0.2, 0.25) is 0 Å². The van der Waals surface area contributed by atoms with Crippen LogP contribution < -0.4 is 14.2 Å². The van der Waals surface area contributed by atoms with Gasteiger partial charge >= 0.3 is 5.97 Å². The average molecular weight is 443 g/mol. The lowest BCUT2D eigenvalue weighted by atomic mass is 9.97. The predicted molar refractivity (Wildman–Crippen MR) is 121 cm³/mol. The van der Waals surface area contributed by atoms with Crippen LogP contribution >= 0.6 is 0 Å². The molecule has 0 aromatic heterocycles. The van der Waals surface area contributed by atoms with Crippen molar-refractivity contribution in [1.29, 1.82) is 0 Å². The normalized spacial score (nSPS) is 16.9. The third-order valence-corrected chi connectivity index (χ3v) is 5.28. The maximum atomic E-state index is 13.3. The molecule has 0 unspecified atom stereocenters. The van der Waals surface area contributed by atoms with Crippen LogP contribution in [0, 0.1) is 5.82 Å². The van der Waals surface area contributed by atoms with Crippen molar-refractivity contribution >= 4 is 23.2 Å². The number of hydrogen-bond donors (Lipinski definition) is 0. The highest BCUT2D eigenvalue weighted by molar-refractivity contribution is 6.15. The summed E-state index contributed by atoms with van der Waals surface area (Å²) in [6, 6.07) is 18.4. The summed E-state index contributed by atoms with van der Waals surface area (Å²) in [5.41, 5.74) is 2.64. The van der Waals surface area contributed by atoms with E-state index in [4.69, 9.17) is 18.9 Å². The van der Waals surface area contributed by atoms with E-state index in [2.05, 4.69) is 4.99 Å². The van der Waals surface area contributed by atoms with Gasteiger partial charge in [0.15, 0.2) is 17.2 Å². The van der Waals surface area contributed by atoms with Crippen molar-refractivity contribution < 1.29 is 28.1 Å². The van der Waals surface area contributed by atoms with E-state index in [9.17, 15) is 9.18 Å². The second-order valence-corrected chi connectivity index (χ2v) is 7.25. The van der Waals surface area contributed by atoms with Crippen molar-refractivity contribution in [2.45, 2.75) is 0 Å². The van der Waals surface area contributed by atoms with E-state index in [1.165, 1.54) is 24.3 Å². The van der Waals surface area contributed by atoms with Gasteiger partial charge in [0.25, 0.3) is 0 Å². The number of aliphatic imine (C=N–C) groups is 1. The van der Waals surface area contributed by atoms with E-state index in [-0.39, 0.29) is 17.4 Å². The van der Waals surface area contributed by atoms with Gasteiger partial charge in [-0.15, -0.1) is 0 Å². The summed E-state index contributed by atoms with van der Waals surface area (Å²) in [4.78, 5) is 17.2. The Morgan fingerprint density at radius 1 is 0.848 bits per heavy atom. The number of cyclic esters (lactones) is 1. The highest BCUT2D eigenvalue weighted by atomic mass is 19.1. The first-order valence-electron chi connectivity index (χ1n) is 10.1. The van der Waals surface area contributed by atoms with E-state index in [1.807, 2.05) is 30.3 Å². The molecule has 0 spiro atoms. The molecular weight excluding hydrogens is 425 g/mol. The summed E-state index contributed by atoms with van der Waals surface area (Å²) >= 11 is 0. The van der Waals surface area contributed by atoms with Gasteiger partial charge in [0, 0.05) is 22.3 Å². The van der Waals surface area contributed by atoms with Gasteiger partial charge in [0.1, 0.15) is 17.3 Å². The number of esters is 1. The fourth-order valence-corrected chi connectivity index (χ4v) is 3.65. The van der Waals surface area contributed by atoms with Gasteiger partial charge < -0.3 is 18.9 Å². The first-order chi connectivity index (χ1) is 16.1. The molecule has 2 aliphatic heterocycles. The highest BCUT2D eigenvalue weighted by Gasteiger charge is 2.30. The lowest BCUT2D eigenvalue weighted by molar-refractivity contribution is -0.129. The van der Waals surface area contributed by atoms with E-state index in [0.717, 1.165) is 5.56 Å². The smallest absolute Gasteiger partial charge is 0.364 e. The lowest BCUT2D eigenvalue weighted by Crippen LogP contribution is -2.08. The molecule has 5 rings (SSSR count). The zero-order chi connectivity index (χ0) is 22.9. The summed E-state index contributed by atoms with van der Waals surface area (Å²) in [5.74, 6) is 1.36. The topological polar surface area (TPSA) is 66.4 Å². The molecule has 0 fully saturated rings. The van der Waals surface area contributed by atoms with Crippen LogP contribution in [0.4, 0.5) is 4.39 Å². The molecule has 2 aliphatic rings. The third-order valence-electron chi connectivity index (χ3n) is 5.28. The monoisotopic (exact) mass is 443 g/mol. The van der Waals surface area contributed by atoms with E-state index < -0.39 is 5.97 Å². The van der Waals surface area contributed by atoms with E-state index >= 15 is 0 Å². The largest absolute Gasteiger partial charge is 0.493 e. The summed E-state index contributed by atoms with van der Waals surface area (Å²) < 4.78 is 35.5. The van der Waals surface area contributed by atoms with Gasteiger partial charge in [-0.3, -0.25) is 0 Å². The maximum absolute atomic E-state index is 13.3. The maximum Gasteiger partial charge on any atom is 0.364 e.